The number of aryl methyl sites for hydroxylation is 2. The van der Waals surface area contributed by atoms with E-state index in [4.69, 9.17) is 20.4 Å². The van der Waals surface area contributed by atoms with Gasteiger partial charge < -0.3 is 10.5 Å². The van der Waals surface area contributed by atoms with E-state index in [1.807, 2.05) is 0 Å². The van der Waals surface area contributed by atoms with Crippen LogP contribution in [0, 0.1) is 12.8 Å². The second kappa shape index (κ2) is 6.38. The molecule has 116 valence electrons. The van der Waals surface area contributed by atoms with E-state index in [0.29, 0.717) is 5.92 Å². The first kappa shape index (κ1) is 14.9. The van der Waals surface area contributed by atoms with E-state index in [1.54, 1.807) is 0 Å². The van der Waals surface area contributed by atoms with Gasteiger partial charge in [-0.2, -0.15) is 0 Å². The number of fused-ring (bicyclic) bond motifs is 1. The van der Waals surface area contributed by atoms with Crippen molar-refractivity contribution in [1.29, 1.82) is 0 Å². The molecule has 2 N–H and O–H groups in total. The molecule has 0 saturated carbocycles. The number of aromatic nitrogens is 2. The first-order valence-corrected chi connectivity index (χ1v) is 8.11. The Morgan fingerprint density at radius 2 is 2.24 bits per heavy atom. The van der Waals surface area contributed by atoms with Gasteiger partial charge in [-0.25, -0.2) is 9.97 Å². The average Bonchev–Trinajstić information content (AvgIpc) is 2.54. The SMILES string of the molecule is CCN1CCOC(c2nc(C)c3c(n2)CCC(CN)C3)C1. The van der Waals surface area contributed by atoms with Crippen molar-refractivity contribution in [2.24, 2.45) is 11.7 Å². The van der Waals surface area contributed by atoms with Crippen molar-refractivity contribution in [3.63, 3.8) is 0 Å². The second-order valence-corrected chi connectivity index (χ2v) is 6.19. The topological polar surface area (TPSA) is 64.3 Å². The number of likely N-dealkylation sites (N-methyl/N-ethyl adjacent to an activating group) is 1. The fraction of sp³-hybridized carbons (Fsp3) is 0.750. The second-order valence-electron chi connectivity index (χ2n) is 6.19. The van der Waals surface area contributed by atoms with Crippen LogP contribution < -0.4 is 5.73 Å². The Hall–Kier alpha value is -1.04. The van der Waals surface area contributed by atoms with Gasteiger partial charge in [-0.3, -0.25) is 4.90 Å². The van der Waals surface area contributed by atoms with Crippen LogP contribution in [0.2, 0.25) is 0 Å². The number of nitrogens with two attached hydrogens (primary N) is 1. The summed E-state index contributed by atoms with van der Waals surface area (Å²) in [6, 6.07) is 0. The fourth-order valence-corrected chi connectivity index (χ4v) is 3.37. The molecule has 1 fully saturated rings. The summed E-state index contributed by atoms with van der Waals surface area (Å²) in [5, 5.41) is 0. The molecule has 2 atom stereocenters. The van der Waals surface area contributed by atoms with E-state index < -0.39 is 0 Å². The van der Waals surface area contributed by atoms with E-state index in [9.17, 15) is 0 Å². The van der Waals surface area contributed by atoms with Crippen molar-refractivity contribution < 1.29 is 4.74 Å². The Bertz CT molecular complexity index is 505. The number of nitrogens with zero attached hydrogens (tertiary/aromatic N) is 3. The van der Waals surface area contributed by atoms with Crippen LogP contribution in [-0.4, -0.2) is 47.7 Å². The zero-order chi connectivity index (χ0) is 14.8. The van der Waals surface area contributed by atoms with Gasteiger partial charge in [0.1, 0.15) is 6.10 Å². The summed E-state index contributed by atoms with van der Waals surface area (Å²) in [7, 11) is 0. The fourth-order valence-electron chi connectivity index (χ4n) is 3.37. The minimum atomic E-state index is 0.0231. The minimum absolute atomic E-state index is 0.0231. The molecule has 2 aliphatic rings. The predicted octanol–water partition coefficient (Wildman–Crippen LogP) is 1.24. The van der Waals surface area contributed by atoms with Gasteiger partial charge in [0, 0.05) is 24.5 Å². The first-order chi connectivity index (χ1) is 10.2. The highest BCUT2D eigenvalue weighted by Crippen LogP contribution is 2.28. The predicted molar refractivity (Wildman–Crippen MR) is 82.1 cm³/mol. The van der Waals surface area contributed by atoms with Gasteiger partial charge in [0.25, 0.3) is 0 Å². The molecular weight excluding hydrogens is 264 g/mol. The van der Waals surface area contributed by atoms with Crippen molar-refractivity contribution in [3.05, 3.63) is 22.8 Å². The largest absolute Gasteiger partial charge is 0.368 e. The summed E-state index contributed by atoms with van der Waals surface area (Å²) in [4.78, 5) is 12.0. The highest BCUT2D eigenvalue weighted by molar-refractivity contribution is 5.28. The van der Waals surface area contributed by atoms with Crippen molar-refractivity contribution in [2.75, 3.05) is 32.8 Å². The molecule has 1 aromatic heterocycles. The molecule has 5 heteroatoms. The Morgan fingerprint density at radius 1 is 1.38 bits per heavy atom. The Kier molecular flexibility index (Phi) is 4.52. The maximum absolute atomic E-state index is 5.90. The molecule has 1 saturated heterocycles. The summed E-state index contributed by atoms with van der Waals surface area (Å²) >= 11 is 0. The van der Waals surface area contributed by atoms with Gasteiger partial charge in [-0.1, -0.05) is 6.92 Å². The molecule has 0 radical (unpaired) electrons. The van der Waals surface area contributed by atoms with Gasteiger partial charge in [-0.15, -0.1) is 0 Å². The standard InChI is InChI=1S/C16H26N4O/c1-3-20-6-7-21-15(10-20)16-18-11(2)13-8-12(9-17)4-5-14(13)19-16/h12,15H,3-10,17H2,1-2H3. The maximum Gasteiger partial charge on any atom is 0.158 e. The molecule has 1 aliphatic carbocycles. The molecule has 5 nitrogen and oxygen atoms in total. The number of hydrogen-bond acceptors (Lipinski definition) is 5. The van der Waals surface area contributed by atoms with Crippen LogP contribution in [0.5, 0.6) is 0 Å². The van der Waals surface area contributed by atoms with Crippen molar-refractivity contribution in [2.45, 2.75) is 39.2 Å². The summed E-state index contributed by atoms with van der Waals surface area (Å²) in [6.07, 6.45) is 3.23. The number of morpholine rings is 1. The molecule has 0 aromatic carbocycles. The molecular formula is C16H26N4O. The third-order valence-corrected chi connectivity index (χ3v) is 4.82. The van der Waals surface area contributed by atoms with Gasteiger partial charge in [0.15, 0.2) is 5.82 Å². The van der Waals surface area contributed by atoms with Crippen LogP contribution in [-0.2, 0) is 17.6 Å². The van der Waals surface area contributed by atoms with E-state index >= 15 is 0 Å². The lowest BCUT2D eigenvalue weighted by atomic mass is 9.86. The van der Waals surface area contributed by atoms with Crippen molar-refractivity contribution in [3.8, 4) is 0 Å². The minimum Gasteiger partial charge on any atom is -0.368 e. The molecule has 2 unspecified atom stereocenters. The summed E-state index contributed by atoms with van der Waals surface area (Å²) in [5.41, 5.74) is 9.48. The molecule has 2 heterocycles. The summed E-state index contributed by atoms with van der Waals surface area (Å²) in [5.74, 6) is 1.46. The van der Waals surface area contributed by atoms with E-state index in [0.717, 1.165) is 63.6 Å². The third-order valence-electron chi connectivity index (χ3n) is 4.82. The van der Waals surface area contributed by atoms with Gasteiger partial charge >= 0.3 is 0 Å². The smallest absolute Gasteiger partial charge is 0.158 e. The lowest BCUT2D eigenvalue weighted by Crippen LogP contribution is -2.39. The highest BCUT2D eigenvalue weighted by atomic mass is 16.5. The normalized spacial score (nSPS) is 26.6. The monoisotopic (exact) mass is 290 g/mol. The van der Waals surface area contributed by atoms with Gasteiger partial charge in [0.05, 0.1) is 6.61 Å². The van der Waals surface area contributed by atoms with Crippen LogP contribution in [0.15, 0.2) is 0 Å². The molecule has 3 rings (SSSR count). The average molecular weight is 290 g/mol. The summed E-state index contributed by atoms with van der Waals surface area (Å²) in [6.45, 7) is 8.79. The lowest BCUT2D eigenvalue weighted by molar-refractivity contribution is -0.0328. The van der Waals surface area contributed by atoms with Crippen LogP contribution in [0.4, 0.5) is 0 Å². The maximum atomic E-state index is 5.90. The number of rotatable bonds is 3. The van der Waals surface area contributed by atoms with Crippen LogP contribution in [0.3, 0.4) is 0 Å². The first-order valence-electron chi connectivity index (χ1n) is 8.11. The zero-order valence-corrected chi connectivity index (χ0v) is 13.1. The molecule has 0 amide bonds. The van der Waals surface area contributed by atoms with Crippen LogP contribution in [0.1, 0.15) is 42.2 Å². The molecule has 1 aromatic rings. The number of hydrogen-bond donors (Lipinski definition) is 1. The zero-order valence-electron chi connectivity index (χ0n) is 13.1. The molecule has 0 bridgehead atoms. The Labute approximate surface area is 126 Å². The number of ether oxygens (including phenoxy) is 1. The Morgan fingerprint density at radius 3 is 3.00 bits per heavy atom. The molecule has 1 aliphatic heterocycles. The molecule has 0 spiro atoms. The van der Waals surface area contributed by atoms with E-state index in [-0.39, 0.29) is 6.10 Å². The van der Waals surface area contributed by atoms with Crippen LogP contribution >= 0.6 is 0 Å². The highest BCUT2D eigenvalue weighted by Gasteiger charge is 2.27. The lowest BCUT2D eigenvalue weighted by Gasteiger charge is -2.32. The van der Waals surface area contributed by atoms with E-state index in [1.165, 1.54) is 11.3 Å². The van der Waals surface area contributed by atoms with Crippen molar-refractivity contribution in [1.82, 2.24) is 14.9 Å². The molecule has 21 heavy (non-hydrogen) atoms. The van der Waals surface area contributed by atoms with Gasteiger partial charge in [-0.05, 0) is 50.8 Å². The summed E-state index contributed by atoms with van der Waals surface area (Å²) < 4.78 is 5.90. The van der Waals surface area contributed by atoms with E-state index in [2.05, 4.69) is 18.7 Å². The third kappa shape index (κ3) is 3.10. The Balaban J connectivity index is 1.83. The van der Waals surface area contributed by atoms with Crippen molar-refractivity contribution >= 4 is 0 Å². The van der Waals surface area contributed by atoms with Gasteiger partial charge in [0.2, 0.25) is 0 Å². The quantitative estimate of drug-likeness (QED) is 0.907. The van der Waals surface area contributed by atoms with Crippen LogP contribution in [0.25, 0.3) is 0 Å².